The van der Waals surface area contributed by atoms with Gasteiger partial charge in [-0.1, -0.05) is 36.8 Å². The van der Waals surface area contributed by atoms with Gasteiger partial charge in [-0.2, -0.15) is 0 Å². The smallest absolute Gasteiger partial charge is 0.419 e. The third kappa shape index (κ3) is 14.4. The van der Waals surface area contributed by atoms with Gasteiger partial charge in [0.2, 0.25) is 0 Å². The van der Waals surface area contributed by atoms with Gasteiger partial charge in [-0.25, -0.2) is 19.3 Å². The van der Waals surface area contributed by atoms with Gasteiger partial charge in [0.05, 0.1) is 13.2 Å². The minimum absolute atomic E-state index is 0.0178. The first-order valence-corrected chi connectivity index (χ1v) is 13.1. The Morgan fingerprint density at radius 2 is 1.29 bits per heavy atom. The third-order valence-electron chi connectivity index (χ3n) is 4.90. The Labute approximate surface area is 226 Å². The van der Waals surface area contributed by atoms with Crippen LogP contribution >= 0.6 is 0 Å². The second kappa shape index (κ2) is 15.8. The molecule has 0 bridgehead atoms. The molecule has 0 aliphatic heterocycles. The summed E-state index contributed by atoms with van der Waals surface area (Å²) in [4.78, 5) is 52.5. The second-order valence-electron chi connectivity index (χ2n) is 10.8. The number of carbonyl (C=O) groups excluding carboxylic acids is 4. The van der Waals surface area contributed by atoms with Crippen LogP contribution in [-0.2, 0) is 30.3 Å². The maximum absolute atomic E-state index is 13.0. The van der Waals surface area contributed by atoms with E-state index in [9.17, 15) is 19.2 Å². The lowest BCUT2D eigenvalue weighted by Crippen LogP contribution is -2.47. The van der Waals surface area contributed by atoms with Gasteiger partial charge in [0.25, 0.3) is 0 Å². The summed E-state index contributed by atoms with van der Waals surface area (Å²) < 4.78 is 21.2. The predicted molar refractivity (Wildman–Crippen MR) is 142 cm³/mol. The van der Waals surface area contributed by atoms with Crippen LogP contribution in [0.25, 0.3) is 0 Å². The summed E-state index contributed by atoms with van der Waals surface area (Å²) in [6, 6.07) is 9.27. The Hall–Kier alpha value is -3.30. The molecular weight excluding hydrogens is 492 g/mol. The molecular formula is C28H44N2O8. The molecule has 1 rings (SSSR count). The van der Waals surface area contributed by atoms with Crippen molar-refractivity contribution in [3.8, 4) is 0 Å². The standard InChI is InChI=1S/C28H44N2O8/c1-8-35-23(31)17-13-10-14-18-29(24(32)36-21-22-15-11-9-12-16-22)19-20-30(25(33)37-27(2,3)4)26(34)38-28(5,6)7/h9,11-12,15-16H,8,10,13-14,17-21H2,1-7H3. The number of carbonyl (C=O) groups is 4. The fraction of sp³-hybridized carbons (Fsp3) is 0.643. The van der Waals surface area contributed by atoms with E-state index in [0.29, 0.717) is 38.8 Å². The molecule has 38 heavy (non-hydrogen) atoms. The zero-order valence-electron chi connectivity index (χ0n) is 23.9. The SMILES string of the molecule is CCOC(=O)CCCCCN(CCN(C(=O)OC(C)(C)C)C(=O)OC(C)(C)C)C(=O)OCc1ccccc1. The minimum atomic E-state index is -0.862. The number of ether oxygens (including phenoxy) is 4. The van der Waals surface area contributed by atoms with Crippen LogP contribution in [0.15, 0.2) is 30.3 Å². The molecule has 214 valence electrons. The average Bonchev–Trinajstić information content (AvgIpc) is 2.79. The van der Waals surface area contributed by atoms with Gasteiger partial charge in [-0.05, 0) is 66.9 Å². The van der Waals surface area contributed by atoms with Crippen LogP contribution in [0, 0.1) is 0 Å². The summed E-state index contributed by atoms with van der Waals surface area (Å²) in [5.41, 5.74) is -0.825. The molecule has 0 unspecified atom stereocenters. The Morgan fingerprint density at radius 1 is 0.711 bits per heavy atom. The lowest BCUT2D eigenvalue weighted by molar-refractivity contribution is -0.143. The van der Waals surface area contributed by atoms with E-state index in [1.165, 1.54) is 4.90 Å². The molecule has 0 saturated carbocycles. The Kier molecular flexibility index (Phi) is 13.6. The van der Waals surface area contributed by atoms with Crippen LogP contribution in [0.1, 0.15) is 79.7 Å². The summed E-state index contributed by atoms with van der Waals surface area (Å²) in [5, 5.41) is 0. The highest BCUT2D eigenvalue weighted by Crippen LogP contribution is 2.15. The van der Waals surface area contributed by atoms with Crippen molar-refractivity contribution in [3.63, 3.8) is 0 Å². The predicted octanol–water partition coefficient (Wildman–Crippen LogP) is 5.92. The van der Waals surface area contributed by atoms with Crippen molar-refractivity contribution in [2.75, 3.05) is 26.2 Å². The van der Waals surface area contributed by atoms with Gasteiger partial charge in [0, 0.05) is 19.5 Å². The second-order valence-corrected chi connectivity index (χ2v) is 10.8. The number of unbranched alkanes of at least 4 members (excludes halogenated alkanes) is 2. The summed E-state index contributed by atoms with van der Waals surface area (Å²) in [6.07, 6.45) is -0.0995. The lowest BCUT2D eigenvalue weighted by Gasteiger charge is -2.30. The van der Waals surface area contributed by atoms with E-state index in [0.717, 1.165) is 10.5 Å². The number of nitrogens with zero attached hydrogens (tertiary/aromatic N) is 2. The molecule has 0 aliphatic carbocycles. The zero-order valence-corrected chi connectivity index (χ0v) is 23.9. The first-order chi connectivity index (χ1) is 17.7. The number of hydrogen-bond acceptors (Lipinski definition) is 8. The fourth-order valence-electron chi connectivity index (χ4n) is 3.20. The van der Waals surface area contributed by atoms with Crippen LogP contribution in [0.2, 0.25) is 0 Å². The summed E-state index contributed by atoms with van der Waals surface area (Å²) in [5.74, 6) is -0.253. The molecule has 0 spiro atoms. The van der Waals surface area contributed by atoms with Crippen LogP contribution in [0.3, 0.4) is 0 Å². The maximum Gasteiger partial charge on any atom is 0.419 e. The normalized spacial score (nSPS) is 11.3. The number of esters is 1. The van der Waals surface area contributed by atoms with E-state index in [4.69, 9.17) is 18.9 Å². The van der Waals surface area contributed by atoms with E-state index in [2.05, 4.69) is 0 Å². The van der Waals surface area contributed by atoms with Crippen molar-refractivity contribution < 1.29 is 38.1 Å². The molecule has 0 aliphatic rings. The summed E-state index contributed by atoms with van der Waals surface area (Å²) in [6.45, 7) is 12.5. The van der Waals surface area contributed by atoms with Gasteiger partial charge >= 0.3 is 24.2 Å². The average molecular weight is 537 g/mol. The van der Waals surface area contributed by atoms with Gasteiger partial charge in [-0.15, -0.1) is 0 Å². The van der Waals surface area contributed by atoms with Crippen LogP contribution in [0.5, 0.6) is 0 Å². The number of benzene rings is 1. The molecule has 0 N–H and O–H groups in total. The largest absolute Gasteiger partial charge is 0.466 e. The number of hydrogen-bond donors (Lipinski definition) is 0. The van der Waals surface area contributed by atoms with E-state index in [1.54, 1.807) is 48.5 Å². The molecule has 0 radical (unpaired) electrons. The van der Waals surface area contributed by atoms with Crippen molar-refractivity contribution in [1.29, 1.82) is 0 Å². The first kappa shape index (κ1) is 32.7. The van der Waals surface area contributed by atoms with E-state index in [1.807, 2.05) is 30.3 Å². The zero-order chi connectivity index (χ0) is 28.8. The van der Waals surface area contributed by atoms with Crippen molar-refractivity contribution >= 4 is 24.2 Å². The van der Waals surface area contributed by atoms with Gasteiger partial charge in [0.15, 0.2) is 0 Å². The lowest BCUT2D eigenvalue weighted by atomic mass is 10.2. The minimum Gasteiger partial charge on any atom is -0.466 e. The Bertz CT molecular complexity index is 862. The van der Waals surface area contributed by atoms with Gasteiger partial charge in [-0.3, -0.25) is 4.79 Å². The van der Waals surface area contributed by atoms with Crippen LogP contribution in [0.4, 0.5) is 14.4 Å². The summed E-state index contributed by atoms with van der Waals surface area (Å²) in [7, 11) is 0. The quantitative estimate of drug-likeness (QED) is 0.184. The molecule has 0 saturated heterocycles. The highest BCUT2D eigenvalue weighted by Gasteiger charge is 2.32. The molecule has 0 atom stereocenters. The molecule has 0 heterocycles. The molecule has 0 aromatic heterocycles. The Balaban J connectivity index is 2.90. The van der Waals surface area contributed by atoms with Crippen molar-refractivity contribution in [3.05, 3.63) is 35.9 Å². The van der Waals surface area contributed by atoms with Crippen molar-refractivity contribution in [1.82, 2.24) is 9.80 Å². The van der Waals surface area contributed by atoms with Crippen molar-refractivity contribution in [2.24, 2.45) is 0 Å². The first-order valence-electron chi connectivity index (χ1n) is 13.1. The monoisotopic (exact) mass is 536 g/mol. The van der Waals surface area contributed by atoms with E-state index in [-0.39, 0.29) is 25.7 Å². The van der Waals surface area contributed by atoms with E-state index < -0.39 is 29.5 Å². The molecule has 1 aromatic carbocycles. The fourth-order valence-corrected chi connectivity index (χ4v) is 3.20. The van der Waals surface area contributed by atoms with Crippen LogP contribution in [-0.4, -0.2) is 71.5 Å². The third-order valence-corrected chi connectivity index (χ3v) is 4.90. The molecule has 10 heteroatoms. The van der Waals surface area contributed by atoms with Crippen LogP contribution < -0.4 is 0 Å². The molecule has 1 aromatic rings. The number of amides is 3. The molecule has 3 amide bonds. The van der Waals surface area contributed by atoms with Crippen molar-refractivity contribution in [2.45, 2.75) is 92.0 Å². The topological polar surface area (TPSA) is 112 Å². The Morgan fingerprint density at radius 3 is 1.82 bits per heavy atom. The molecule has 10 nitrogen and oxygen atoms in total. The highest BCUT2D eigenvalue weighted by atomic mass is 16.6. The maximum atomic E-state index is 13.0. The number of imide groups is 1. The number of rotatable bonds is 12. The van der Waals surface area contributed by atoms with Gasteiger partial charge < -0.3 is 23.8 Å². The highest BCUT2D eigenvalue weighted by molar-refractivity contribution is 5.88. The molecule has 0 fully saturated rings. The van der Waals surface area contributed by atoms with E-state index >= 15 is 0 Å². The van der Waals surface area contributed by atoms with Gasteiger partial charge in [0.1, 0.15) is 17.8 Å². The summed E-state index contributed by atoms with van der Waals surface area (Å²) >= 11 is 0.